The minimum absolute atomic E-state index is 0.122. The van der Waals surface area contributed by atoms with Crippen LogP contribution < -0.4 is 15.4 Å². The van der Waals surface area contributed by atoms with Gasteiger partial charge in [-0.15, -0.1) is 0 Å². The van der Waals surface area contributed by atoms with Crippen LogP contribution in [0.5, 0.6) is 5.75 Å². The van der Waals surface area contributed by atoms with Gasteiger partial charge in [-0.3, -0.25) is 14.9 Å². The second kappa shape index (κ2) is 12.3. The van der Waals surface area contributed by atoms with E-state index in [1.807, 2.05) is 41.3 Å². The molecule has 0 radical (unpaired) electrons. The van der Waals surface area contributed by atoms with E-state index < -0.39 is 17.5 Å². The van der Waals surface area contributed by atoms with E-state index in [1.165, 1.54) is 0 Å². The van der Waals surface area contributed by atoms with Crippen molar-refractivity contribution in [2.75, 3.05) is 39.3 Å². The van der Waals surface area contributed by atoms with Gasteiger partial charge < -0.3 is 15.0 Å². The van der Waals surface area contributed by atoms with Gasteiger partial charge in [0.15, 0.2) is 0 Å². The summed E-state index contributed by atoms with van der Waals surface area (Å²) in [5, 5.41) is 5.81. The van der Waals surface area contributed by atoms with Crippen LogP contribution in [0.3, 0.4) is 0 Å². The Morgan fingerprint density at radius 1 is 0.975 bits per heavy atom. The Labute approximate surface area is 233 Å². The Morgan fingerprint density at radius 3 is 2.27 bits per heavy atom. The molecule has 0 atom stereocenters. The number of piperidine rings is 2. The molecule has 2 heterocycles. The first-order valence-corrected chi connectivity index (χ1v) is 14.4. The first-order chi connectivity index (χ1) is 19.2. The molecule has 1 aliphatic carbocycles. The van der Waals surface area contributed by atoms with Gasteiger partial charge in [-0.25, -0.2) is 0 Å². The molecule has 9 heteroatoms. The van der Waals surface area contributed by atoms with Crippen LogP contribution in [0.1, 0.15) is 55.3 Å². The number of carbonyl (C=O) groups excluding carboxylic acids is 2. The third-order valence-corrected chi connectivity index (χ3v) is 8.91. The molecule has 0 unspecified atom stereocenters. The molecule has 0 spiro atoms. The summed E-state index contributed by atoms with van der Waals surface area (Å²) in [5.74, 6) is 0.240. The number of rotatable bonds is 8. The molecule has 1 saturated carbocycles. The largest absolute Gasteiger partial charge is 0.493 e. The average Bonchev–Trinajstić information content (AvgIpc) is 2.94. The molecular weight excluding hydrogens is 519 g/mol. The van der Waals surface area contributed by atoms with E-state index in [4.69, 9.17) is 4.74 Å². The molecule has 2 N–H and O–H groups in total. The van der Waals surface area contributed by atoms with Crippen molar-refractivity contribution in [2.24, 2.45) is 17.3 Å². The molecule has 5 rings (SSSR count). The molecule has 2 aromatic rings. The van der Waals surface area contributed by atoms with Gasteiger partial charge in [0.2, 0.25) is 5.91 Å². The van der Waals surface area contributed by atoms with Gasteiger partial charge in [0.1, 0.15) is 5.75 Å². The Morgan fingerprint density at radius 2 is 1.65 bits per heavy atom. The highest BCUT2D eigenvalue weighted by Crippen LogP contribution is 2.53. The number of nitrogens with one attached hydrogen (secondary N) is 2. The number of alkyl halides is 3. The smallest absolute Gasteiger partial charge is 0.395 e. The van der Waals surface area contributed by atoms with Crippen molar-refractivity contribution in [3.8, 4) is 16.9 Å². The van der Waals surface area contributed by atoms with Crippen LogP contribution in [-0.2, 0) is 4.79 Å². The Kier molecular flexibility index (Phi) is 8.80. The summed E-state index contributed by atoms with van der Waals surface area (Å²) in [5.41, 5.74) is 0.523. The predicted octanol–water partition coefficient (Wildman–Crippen LogP) is 5.43. The van der Waals surface area contributed by atoms with Crippen molar-refractivity contribution in [3.63, 3.8) is 0 Å². The van der Waals surface area contributed by atoms with Gasteiger partial charge in [0.05, 0.1) is 12.0 Å². The van der Waals surface area contributed by atoms with Crippen LogP contribution in [0, 0.1) is 17.3 Å². The second-order valence-electron chi connectivity index (χ2n) is 11.6. The summed E-state index contributed by atoms with van der Waals surface area (Å²) in [6.07, 6.45) is 0.142. The zero-order valence-electron chi connectivity index (χ0n) is 22.8. The number of halogens is 3. The number of amides is 2. The SMILES string of the molecule is O=C(NC(=O)C1CCNCC1)c1ccccc1-c1ccc(OCC2CCN(CC3(C(F)(F)F)CCC3)CC2)cc1. The molecule has 6 nitrogen and oxygen atoms in total. The van der Waals surface area contributed by atoms with Crippen LogP contribution in [0.15, 0.2) is 48.5 Å². The first kappa shape index (κ1) is 28.6. The van der Waals surface area contributed by atoms with Crippen LogP contribution in [0.4, 0.5) is 13.2 Å². The first-order valence-electron chi connectivity index (χ1n) is 14.4. The highest BCUT2D eigenvalue weighted by atomic mass is 19.4. The van der Waals surface area contributed by atoms with E-state index in [-0.39, 0.29) is 31.2 Å². The molecule has 3 fully saturated rings. The quantitative estimate of drug-likeness (QED) is 0.424. The molecule has 2 amide bonds. The molecule has 40 heavy (non-hydrogen) atoms. The summed E-state index contributed by atoms with van der Waals surface area (Å²) in [6, 6.07) is 14.7. The van der Waals surface area contributed by atoms with Crippen molar-refractivity contribution in [1.29, 1.82) is 0 Å². The molecule has 2 aromatic carbocycles. The second-order valence-corrected chi connectivity index (χ2v) is 11.6. The standard InChI is InChI=1S/C31H38F3N3O3/c32-31(33,34)30(14-3-15-30)21-37-18-12-22(13-19-37)20-40-25-8-6-23(7-9-25)26-4-1-2-5-27(26)29(39)36-28(38)24-10-16-35-17-11-24/h1-2,4-9,22,24,35H,3,10-21H2,(H,36,38,39). The summed E-state index contributed by atoms with van der Waals surface area (Å²) >= 11 is 0. The van der Waals surface area contributed by atoms with Crippen LogP contribution in [0.25, 0.3) is 11.1 Å². The number of ether oxygens (including phenoxy) is 1. The summed E-state index contributed by atoms with van der Waals surface area (Å²) in [6.45, 7) is 3.54. The number of hydrogen-bond donors (Lipinski definition) is 2. The zero-order chi connectivity index (χ0) is 28.2. The van der Waals surface area contributed by atoms with Crippen molar-refractivity contribution >= 4 is 11.8 Å². The van der Waals surface area contributed by atoms with Gasteiger partial charge in [-0.1, -0.05) is 36.8 Å². The highest BCUT2D eigenvalue weighted by Gasteiger charge is 2.58. The number of likely N-dealkylation sites (tertiary alicyclic amines) is 1. The maximum absolute atomic E-state index is 13.5. The normalized spacial score (nSPS) is 20.5. The Hall–Kier alpha value is -2.91. The monoisotopic (exact) mass is 557 g/mol. The van der Waals surface area contributed by atoms with Gasteiger partial charge >= 0.3 is 6.18 Å². The van der Waals surface area contributed by atoms with E-state index in [0.29, 0.717) is 43.3 Å². The van der Waals surface area contributed by atoms with Crippen LogP contribution in [0.2, 0.25) is 0 Å². The van der Waals surface area contributed by atoms with E-state index in [2.05, 4.69) is 10.6 Å². The molecular formula is C31H38F3N3O3. The van der Waals surface area contributed by atoms with Gasteiger partial charge in [-0.05, 0) is 99.9 Å². The van der Waals surface area contributed by atoms with E-state index in [0.717, 1.165) is 49.9 Å². The fourth-order valence-electron chi connectivity index (χ4n) is 6.12. The van der Waals surface area contributed by atoms with Crippen molar-refractivity contribution in [3.05, 3.63) is 54.1 Å². The number of carbonyl (C=O) groups is 2. The van der Waals surface area contributed by atoms with E-state index >= 15 is 0 Å². The Bertz CT molecular complexity index is 1170. The van der Waals surface area contributed by atoms with Crippen molar-refractivity contribution < 1.29 is 27.5 Å². The number of imide groups is 1. The van der Waals surface area contributed by atoms with Gasteiger partial charge in [-0.2, -0.15) is 13.2 Å². The van der Waals surface area contributed by atoms with Gasteiger partial charge in [0, 0.05) is 18.0 Å². The summed E-state index contributed by atoms with van der Waals surface area (Å²) in [4.78, 5) is 27.5. The maximum atomic E-state index is 13.5. The maximum Gasteiger partial charge on any atom is 0.395 e. The summed E-state index contributed by atoms with van der Waals surface area (Å²) in [7, 11) is 0. The van der Waals surface area contributed by atoms with Crippen LogP contribution >= 0.6 is 0 Å². The number of benzene rings is 2. The third-order valence-electron chi connectivity index (χ3n) is 8.91. The molecule has 0 aromatic heterocycles. The lowest BCUT2D eigenvalue weighted by atomic mass is 9.67. The van der Waals surface area contributed by atoms with Crippen molar-refractivity contribution in [1.82, 2.24) is 15.5 Å². The molecule has 216 valence electrons. The van der Waals surface area contributed by atoms with Crippen LogP contribution in [-0.4, -0.2) is 62.2 Å². The van der Waals surface area contributed by atoms with Gasteiger partial charge in [0.25, 0.3) is 5.91 Å². The predicted molar refractivity (Wildman–Crippen MR) is 147 cm³/mol. The van der Waals surface area contributed by atoms with Crippen molar-refractivity contribution in [2.45, 2.75) is 51.1 Å². The summed E-state index contributed by atoms with van der Waals surface area (Å²) < 4.78 is 46.6. The molecule has 2 saturated heterocycles. The highest BCUT2D eigenvalue weighted by molar-refractivity contribution is 6.08. The minimum atomic E-state index is -4.12. The molecule has 0 bridgehead atoms. The topological polar surface area (TPSA) is 70.7 Å². The molecule has 3 aliphatic rings. The lowest BCUT2D eigenvalue weighted by molar-refractivity contribution is -0.256. The fraction of sp³-hybridized carbons (Fsp3) is 0.548. The minimum Gasteiger partial charge on any atom is -0.493 e. The lowest BCUT2D eigenvalue weighted by Crippen LogP contribution is -2.53. The average molecular weight is 558 g/mol. The third kappa shape index (κ3) is 6.52. The van der Waals surface area contributed by atoms with E-state index in [9.17, 15) is 22.8 Å². The molecule has 2 aliphatic heterocycles. The zero-order valence-corrected chi connectivity index (χ0v) is 22.8. The Balaban J connectivity index is 1.12. The number of nitrogens with zero attached hydrogens (tertiary/aromatic N) is 1. The number of hydrogen-bond acceptors (Lipinski definition) is 5. The lowest BCUT2D eigenvalue weighted by Gasteiger charge is -2.47. The van der Waals surface area contributed by atoms with E-state index in [1.54, 1.807) is 12.1 Å². The fourth-order valence-corrected chi connectivity index (χ4v) is 6.12.